The number of aliphatic hydroxyl groups is 2. The molecule has 6 nitrogen and oxygen atoms in total. The van der Waals surface area contributed by atoms with Gasteiger partial charge >= 0.3 is 0 Å². The molecule has 7 heteroatoms. The molecule has 5 atom stereocenters. The van der Waals surface area contributed by atoms with E-state index in [1.807, 2.05) is 0 Å². The molecule has 0 fully saturated rings. The molecule has 0 saturated heterocycles. The molecule has 0 spiro atoms. The number of ether oxygens (including phenoxy) is 1. The Morgan fingerprint density at radius 3 is 2.84 bits per heavy atom. The molecule has 0 aromatic heterocycles. The minimum Gasteiger partial charge on any atom is -0.490 e. The largest absolute Gasteiger partial charge is 0.490 e. The molecule has 0 aliphatic carbocycles. The van der Waals surface area contributed by atoms with Crippen LogP contribution in [0.4, 0.5) is 4.39 Å². The van der Waals surface area contributed by atoms with Gasteiger partial charge in [-0.3, -0.25) is 4.79 Å². The van der Waals surface area contributed by atoms with Gasteiger partial charge in [0.2, 0.25) is 5.91 Å². The van der Waals surface area contributed by atoms with E-state index in [0.717, 1.165) is 6.21 Å². The van der Waals surface area contributed by atoms with Gasteiger partial charge in [-0.2, -0.15) is 0 Å². The third-order valence-corrected chi connectivity index (χ3v) is 2.95. The van der Waals surface area contributed by atoms with Gasteiger partial charge in [-0.05, 0) is 13.0 Å². The summed E-state index contributed by atoms with van der Waals surface area (Å²) in [5, 5.41) is 28.0. The Labute approximate surface area is 110 Å². The Bertz CT molecular complexity index is 375. The normalized spacial score (nSPS) is 29.7. The fourth-order valence-corrected chi connectivity index (χ4v) is 2.07. The SMILES string of the molecule is CC(=O)NC1[C@@H](C=N)C=C(C)O[C@H]1C(F)C(O)CO. The van der Waals surface area contributed by atoms with Crippen molar-refractivity contribution in [2.24, 2.45) is 5.92 Å². The van der Waals surface area contributed by atoms with Crippen molar-refractivity contribution in [3.8, 4) is 0 Å². The second-order valence-corrected chi connectivity index (χ2v) is 4.52. The monoisotopic (exact) mass is 274 g/mol. The standard InChI is InChI=1S/C12H19FN2O4/c1-6-3-8(4-14)11(15-7(2)17)12(19-6)10(13)9(18)5-16/h3-4,8-12,14,16,18H,5H2,1-2H3,(H,15,17)/t8-,9?,10?,11?,12+/m1/s1. The maximum atomic E-state index is 14.1. The second kappa shape index (κ2) is 6.63. The summed E-state index contributed by atoms with van der Waals surface area (Å²) in [6, 6.07) is -0.796. The highest BCUT2D eigenvalue weighted by atomic mass is 19.1. The third kappa shape index (κ3) is 3.74. The first-order valence-corrected chi connectivity index (χ1v) is 5.96. The molecule has 1 aliphatic rings. The summed E-state index contributed by atoms with van der Waals surface area (Å²) in [5.41, 5.74) is 0. The predicted molar refractivity (Wildman–Crippen MR) is 66.5 cm³/mol. The first-order valence-electron chi connectivity index (χ1n) is 5.96. The Hall–Kier alpha value is -1.47. The minimum absolute atomic E-state index is 0.385. The lowest BCUT2D eigenvalue weighted by Crippen LogP contribution is -2.56. The Kier molecular flexibility index (Phi) is 5.44. The van der Waals surface area contributed by atoms with E-state index >= 15 is 0 Å². The summed E-state index contributed by atoms with van der Waals surface area (Å²) in [6.07, 6.45) is -1.94. The van der Waals surface area contributed by atoms with Gasteiger partial charge in [0.05, 0.1) is 18.4 Å². The second-order valence-electron chi connectivity index (χ2n) is 4.52. The van der Waals surface area contributed by atoms with Gasteiger partial charge < -0.3 is 25.7 Å². The van der Waals surface area contributed by atoms with Crippen molar-refractivity contribution < 1.29 is 24.1 Å². The van der Waals surface area contributed by atoms with Crippen LogP contribution in [0.1, 0.15) is 13.8 Å². The molecule has 1 rings (SSSR count). The van der Waals surface area contributed by atoms with Gasteiger partial charge in [-0.25, -0.2) is 4.39 Å². The van der Waals surface area contributed by atoms with Crippen molar-refractivity contribution in [1.82, 2.24) is 5.32 Å². The van der Waals surface area contributed by atoms with Crippen molar-refractivity contribution >= 4 is 12.1 Å². The van der Waals surface area contributed by atoms with E-state index in [4.69, 9.17) is 15.3 Å². The molecular weight excluding hydrogens is 255 g/mol. The molecule has 108 valence electrons. The van der Waals surface area contributed by atoms with Crippen LogP contribution in [0.15, 0.2) is 11.8 Å². The van der Waals surface area contributed by atoms with Crippen LogP contribution in [0.5, 0.6) is 0 Å². The molecule has 1 amide bonds. The third-order valence-electron chi connectivity index (χ3n) is 2.95. The molecule has 1 heterocycles. The van der Waals surface area contributed by atoms with Crippen LogP contribution >= 0.6 is 0 Å². The van der Waals surface area contributed by atoms with Crippen molar-refractivity contribution in [1.29, 1.82) is 5.41 Å². The molecule has 1 aliphatic heterocycles. The fraction of sp³-hybridized carbons (Fsp3) is 0.667. The molecule has 0 radical (unpaired) electrons. The quantitative estimate of drug-likeness (QED) is 0.519. The summed E-state index contributed by atoms with van der Waals surface area (Å²) in [5.74, 6) is -0.497. The van der Waals surface area contributed by atoms with E-state index in [0.29, 0.717) is 5.76 Å². The molecule has 19 heavy (non-hydrogen) atoms. The molecule has 0 saturated carbocycles. The number of hydrogen-bond donors (Lipinski definition) is 4. The number of allylic oxidation sites excluding steroid dienone is 1. The van der Waals surface area contributed by atoms with Crippen LogP contribution in [0.2, 0.25) is 0 Å². The summed E-state index contributed by atoms with van der Waals surface area (Å²) >= 11 is 0. The Morgan fingerprint density at radius 1 is 1.74 bits per heavy atom. The highest BCUT2D eigenvalue weighted by Gasteiger charge is 2.41. The fourth-order valence-electron chi connectivity index (χ4n) is 2.07. The Morgan fingerprint density at radius 2 is 2.37 bits per heavy atom. The zero-order valence-electron chi connectivity index (χ0n) is 10.8. The number of carbonyl (C=O) groups is 1. The van der Waals surface area contributed by atoms with E-state index in [-0.39, 0.29) is 5.91 Å². The maximum absolute atomic E-state index is 14.1. The van der Waals surface area contributed by atoms with Crippen LogP contribution in [0.25, 0.3) is 0 Å². The number of halogens is 1. The number of alkyl halides is 1. The number of nitrogens with one attached hydrogen (secondary N) is 2. The van der Waals surface area contributed by atoms with Gasteiger partial charge in [-0.1, -0.05) is 0 Å². The van der Waals surface area contributed by atoms with Crippen molar-refractivity contribution in [2.75, 3.05) is 6.61 Å². The topological polar surface area (TPSA) is 103 Å². The number of carbonyl (C=O) groups excluding carboxylic acids is 1. The van der Waals surface area contributed by atoms with E-state index < -0.39 is 36.9 Å². The first kappa shape index (κ1) is 15.6. The zero-order chi connectivity index (χ0) is 14.6. The van der Waals surface area contributed by atoms with Crippen LogP contribution < -0.4 is 5.32 Å². The number of rotatable bonds is 5. The van der Waals surface area contributed by atoms with E-state index in [9.17, 15) is 14.3 Å². The van der Waals surface area contributed by atoms with Crippen LogP contribution in [0.3, 0.4) is 0 Å². The lowest BCUT2D eigenvalue weighted by Gasteiger charge is -2.38. The molecule has 3 unspecified atom stereocenters. The zero-order valence-corrected chi connectivity index (χ0v) is 10.8. The summed E-state index contributed by atoms with van der Waals surface area (Å²) in [6.45, 7) is 2.14. The molecular formula is C12H19FN2O4. The van der Waals surface area contributed by atoms with Gasteiger partial charge in [0, 0.05) is 19.1 Å². The van der Waals surface area contributed by atoms with Gasteiger partial charge in [-0.15, -0.1) is 0 Å². The lowest BCUT2D eigenvalue weighted by atomic mass is 9.88. The minimum atomic E-state index is -1.87. The molecule has 4 N–H and O–H groups in total. The molecule has 0 aromatic carbocycles. The highest BCUT2D eigenvalue weighted by molar-refractivity contribution is 5.74. The molecule has 0 aromatic rings. The average molecular weight is 274 g/mol. The van der Waals surface area contributed by atoms with E-state index in [2.05, 4.69) is 5.32 Å². The number of amides is 1. The summed E-state index contributed by atoms with van der Waals surface area (Å²) in [7, 11) is 0. The van der Waals surface area contributed by atoms with Crippen molar-refractivity contribution in [2.45, 2.75) is 38.3 Å². The number of hydrogen-bond acceptors (Lipinski definition) is 5. The van der Waals surface area contributed by atoms with Crippen LogP contribution in [-0.4, -0.2) is 53.4 Å². The van der Waals surface area contributed by atoms with E-state index in [1.165, 1.54) is 6.92 Å². The lowest BCUT2D eigenvalue weighted by molar-refractivity contribution is -0.123. The summed E-state index contributed by atoms with van der Waals surface area (Å²) in [4.78, 5) is 11.2. The average Bonchev–Trinajstić information content (AvgIpc) is 2.37. The van der Waals surface area contributed by atoms with Crippen molar-refractivity contribution in [3.05, 3.63) is 11.8 Å². The predicted octanol–water partition coefficient (Wildman–Crippen LogP) is -0.249. The van der Waals surface area contributed by atoms with Gasteiger partial charge in [0.1, 0.15) is 6.10 Å². The van der Waals surface area contributed by atoms with Crippen LogP contribution in [-0.2, 0) is 9.53 Å². The smallest absolute Gasteiger partial charge is 0.217 e. The Balaban J connectivity index is 3.00. The van der Waals surface area contributed by atoms with E-state index in [1.54, 1.807) is 13.0 Å². The van der Waals surface area contributed by atoms with Crippen LogP contribution in [0, 0.1) is 11.3 Å². The number of aliphatic hydroxyl groups excluding tert-OH is 2. The molecule has 0 bridgehead atoms. The van der Waals surface area contributed by atoms with Gasteiger partial charge in [0.15, 0.2) is 12.3 Å². The summed E-state index contributed by atoms with van der Waals surface area (Å²) < 4.78 is 19.4. The highest BCUT2D eigenvalue weighted by Crippen LogP contribution is 2.26. The van der Waals surface area contributed by atoms with Crippen molar-refractivity contribution in [3.63, 3.8) is 0 Å². The first-order chi connectivity index (χ1) is 8.90. The van der Waals surface area contributed by atoms with Gasteiger partial charge in [0.25, 0.3) is 0 Å². The maximum Gasteiger partial charge on any atom is 0.217 e.